The van der Waals surface area contributed by atoms with Crippen LogP contribution in [0.25, 0.3) is 5.57 Å². The minimum Gasteiger partial charge on any atom is -0.100 e. The highest BCUT2D eigenvalue weighted by atomic mass is 14.0. The Kier molecular flexibility index (Phi) is 9.89. The highest BCUT2D eigenvalue weighted by Crippen LogP contribution is 2.16. The summed E-state index contributed by atoms with van der Waals surface area (Å²) >= 11 is 0. The van der Waals surface area contributed by atoms with Crippen molar-refractivity contribution in [2.75, 3.05) is 0 Å². The van der Waals surface area contributed by atoms with Gasteiger partial charge in [-0.2, -0.15) is 0 Å². The smallest absolute Gasteiger partial charge is 0.0187 e. The summed E-state index contributed by atoms with van der Waals surface area (Å²) in [7, 11) is 0. The number of allylic oxidation sites excluding steroid dienone is 3. The van der Waals surface area contributed by atoms with Crippen LogP contribution >= 0.6 is 0 Å². The highest BCUT2D eigenvalue weighted by Gasteiger charge is 1.96. The average molecular weight is 244 g/mol. The van der Waals surface area contributed by atoms with E-state index in [9.17, 15) is 0 Å². The highest BCUT2D eigenvalue weighted by molar-refractivity contribution is 5.71. The second-order valence-electron chi connectivity index (χ2n) is 4.34. The van der Waals surface area contributed by atoms with Gasteiger partial charge in [0, 0.05) is 0 Å². The van der Waals surface area contributed by atoms with Crippen molar-refractivity contribution < 1.29 is 0 Å². The van der Waals surface area contributed by atoms with E-state index in [0.717, 1.165) is 17.6 Å². The van der Waals surface area contributed by atoms with Gasteiger partial charge >= 0.3 is 0 Å². The van der Waals surface area contributed by atoms with Gasteiger partial charge in [0.2, 0.25) is 0 Å². The molecule has 0 heterocycles. The molecule has 0 bridgehead atoms. The Morgan fingerprint density at radius 3 is 2.00 bits per heavy atom. The summed E-state index contributed by atoms with van der Waals surface area (Å²) < 4.78 is 0. The van der Waals surface area contributed by atoms with Crippen LogP contribution in [-0.4, -0.2) is 0 Å². The Morgan fingerprint density at radius 1 is 1.17 bits per heavy atom. The lowest BCUT2D eigenvalue weighted by atomic mass is 10.0. The van der Waals surface area contributed by atoms with Crippen molar-refractivity contribution in [3.63, 3.8) is 0 Å². The lowest BCUT2D eigenvalue weighted by Crippen LogP contribution is -1.84. The summed E-state index contributed by atoms with van der Waals surface area (Å²) in [5.41, 5.74) is 6.02. The Balaban J connectivity index is 0. The molecule has 0 fully saturated rings. The van der Waals surface area contributed by atoms with Crippen LogP contribution in [0.15, 0.2) is 49.6 Å². The maximum atomic E-state index is 3.90. The van der Waals surface area contributed by atoms with Crippen LogP contribution in [0.4, 0.5) is 0 Å². The number of rotatable bonds is 3. The van der Waals surface area contributed by atoms with Crippen LogP contribution in [0, 0.1) is 13.8 Å². The summed E-state index contributed by atoms with van der Waals surface area (Å²) in [6.45, 7) is 19.6. The van der Waals surface area contributed by atoms with E-state index in [0.29, 0.717) is 0 Å². The molecule has 0 aliphatic carbocycles. The molecule has 100 valence electrons. The van der Waals surface area contributed by atoms with Gasteiger partial charge in [-0.05, 0) is 49.5 Å². The third-order valence-corrected chi connectivity index (χ3v) is 2.73. The SMILES string of the molecule is C.C=C(C)CC.C=CC(=C)c1ccc(C)c(C)c1. The Bertz CT molecular complexity index is 408. The van der Waals surface area contributed by atoms with Gasteiger partial charge in [0.25, 0.3) is 0 Å². The number of hydrogen-bond acceptors (Lipinski definition) is 0. The first-order valence-electron chi connectivity index (χ1n) is 5.95. The molecule has 0 unspecified atom stereocenters. The zero-order valence-electron chi connectivity index (χ0n) is 11.6. The first-order chi connectivity index (χ1) is 7.92. The molecule has 0 heteroatoms. The van der Waals surface area contributed by atoms with Gasteiger partial charge in [0.15, 0.2) is 0 Å². The zero-order valence-corrected chi connectivity index (χ0v) is 11.6. The molecule has 0 aromatic heterocycles. The molecule has 0 nitrogen and oxygen atoms in total. The van der Waals surface area contributed by atoms with Crippen LogP contribution in [0.3, 0.4) is 0 Å². The first-order valence-corrected chi connectivity index (χ1v) is 5.95. The van der Waals surface area contributed by atoms with E-state index in [-0.39, 0.29) is 7.43 Å². The van der Waals surface area contributed by atoms with E-state index in [1.807, 2.05) is 6.92 Å². The third kappa shape index (κ3) is 6.90. The molecule has 1 aromatic rings. The first kappa shape index (κ1) is 18.8. The van der Waals surface area contributed by atoms with Gasteiger partial charge in [-0.3, -0.25) is 0 Å². The quantitative estimate of drug-likeness (QED) is 0.444. The molecule has 0 atom stereocenters. The van der Waals surface area contributed by atoms with Crippen molar-refractivity contribution in [2.45, 2.75) is 41.5 Å². The molecule has 0 aliphatic heterocycles. The van der Waals surface area contributed by atoms with E-state index < -0.39 is 0 Å². The van der Waals surface area contributed by atoms with Crippen molar-refractivity contribution in [1.82, 2.24) is 0 Å². The van der Waals surface area contributed by atoms with Crippen molar-refractivity contribution in [2.24, 2.45) is 0 Å². The van der Waals surface area contributed by atoms with Gasteiger partial charge in [0.1, 0.15) is 0 Å². The predicted molar refractivity (Wildman–Crippen MR) is 87.0 cm³/mol. The van der Waals surface area contributed by atoms with E-state index in [1.54, 1.807) is 6.08 Å². The van der Waals surface area contributed by atoms with E-state index in [1.165, 1.54) is 16.7 Å². The van der Waals surface area contributed by atoms with E-state index in [2.05, 4.69) is 58.7 Å². The van der Waals surface area contributed by atoms with E-state index in [4.69, 9.17) is 0 Å². The number of benzene rings is 1. The molecule has 0 N–H and O–H groups in total. The van der Waals surface area contributed by atoms with Gasteiger partial charge in [-0.1, -0.05) is 57.4 Å². The molecule has 18 heavy (non-hydrogen) atoms. The zero-order chi connectivity index (χ0) is 13.4. The number of aryl methyl sites for hydroxylation is 2. The molecule has 0 saturated heterocycles. The molecule has 0 amide bonds. The number of hydrogen-bond donors (Lipinski definition) is 0. The molecule has 0 spiro atoms. The standard InChI is InChI=1S/C12H14.C5H10.CH4/c1-5-9(2)12-7-6-10(3)11(4)8-12;1-4-5(2)3;/h5-8H,1-2H2,3-4H3;2,4H2,1,3H3;1H4. The van der Waals surface area contributed by atoms with Crippen LogP contribution in [-0.2, 0) is 0 Å². The normalized spacial score (nSPS) is 8.44. The van der Waals surface area contributed by atoms with Crippen molar-refractivity contribution >= 4 is 5.57 Å². The Labute approximate surface area is 114 Å². The van der Waals surface area contributed by atoms with Crippen LogP contribution < -0.4 is 0 Å². The molecular formula is C18H28. The van der Waals surface area contributed by atoms with Crippen LogP contribution in [0.2, 0.25) is 0 Å². The largest absolute Gasteiger partial charge is 0.100 e. The van der Waals surface area contributed by atoms with Crippen molar-refractivity contribution in [1.29, 1.82) is 0 Å². The molecule has 0 saturated carbocycles. The molecule has 1 rings (SSSR count). The van der Waals surface area contributed by atoms with Crippen LogP contribution in [0.1, 0.15) is 44.4 Å². The summed E-state index contributed by atoms with van der Waals surface area (Å²) in [6, 6.07) is 6.32. The predicted octanol–water partition coefficient (Wildman–Crippen LogP) is 6.11. The summed E-state index contributed by atoms with van der Waals surface area (Å²) in [5.74, 6) is 0. The Hall–Kier alpha value is -1.56. The van der Waals surface area contributed by atoms with Crippen LogP contribution in [0.5, 0.6) is 0 Å². The monoisotopic (exact) mass is 244 g/mol. The maximum absolute atomic E-state index is 3.90. The lowest BCUT2D eigenvalue weighted by molar-refractivity contribution is 1.11. The second kappa shape index (κ2) is 9.47. The maximum Gasteiger partial charge on any atom is -0.0187 e. The van der Waals surface area contributed by atoms with Gasteiger partial charge < -0.3 is 0 Å². The summed E-state index contributed by atoms with van der Waals surface area (Å²) in [6.07, 6.45) is 2.89. The fourth-order valence-electron chi connectivity index (χ4n) is 1.06. The average Bonchev–Trinajstić information content (AvgIpc) is 2.32. The summed E-state index contributed by atoms with van der Waals surface area (Å²) in [5, 5.41) is 0. The van der Waals surface area contributed by atoms with Crippen molar-refractivity contribution in [3.05, 3.63) is 66.3 Å². The van der Waals surface area contributed by atoms with E-state index >= 15 is 0 Å². The second-order valence-corrected chi connectivity index (χ2v) is 4.34. The molecule has 1 aromatic carbocycles. The van der Waals surface area contributed by atoms with Gasteiger partial charge in [0.05, 0.1) is 0 Å². The minimum atomic E-state index is 0. The van der Waals surface area contributed by atoms with Crippen molar-refractivity contribution in [3.8, 4) is 0 Å². The van der Waals surface area contributed by atoms with Gasteiger partial charge in [-0.15, -0.1) is 6.58 Å². The van der Waals surface area contributed by atoms with Gasteiger partial charge in [-0.25, -0.2) is 0 Å². The molecule has 0 radical (unpaired) electrons. The molecular weight excluding hydrogens is 216 g/mol. The Morgan fingerprint density at radius 2 is 1.67 bits per heavy atom. The topological polar surface area (TPSA) is 0 Å². The fraction of sp³-hybridized carbons (Fsp3) is 0.333. The third-order valence-electron chi connectivity index (χ3n) is 2.73. The fourth-order valence-corrected chi connectivity index (χ4v) is 1.06. The lowest BCUT2D eigenvalue weighted by Gasteiger charge is -2.04. The summed E-state index contributed by atoms with van der Waals surface area (Å²) in [4.78, 5) is 0. The minimum absolute atomic E-state index is 0. The molecule has 0 aliphatic rings.